The van der Waals surface area contributed by atoms with Crippen LogP contribution in [0.2, 0.25) is 5.02 Å². The molecule has 0 radical (unpaired) electrons. The number of carbonyl (C=O) groups excluding carboxylic acids is 1. The van der Waals surface area contributed by atoms with Crippen LogP contribution in [0.25, 0.3) is 5.69 Å². The number of halogens is 1. The normalized spacial score (nSPS) is 10.9. The van der Waals surface area contributed by atoms with Crippen molar-refractivity contribution in [2.45, 2.75) is 13.8 Å². The van der Waals surface area contributed by atoms with Gasteiger partial charge in [-0.1, -0.05) is 17.7 Å². The predicted molar refractivity (Wildman–Crippen MR) is 115 cm³/mol. The zero-order valence-corrected chi connectivity index (χ0v) is 17.2. The molecule has 2 aromatic carbocycles. The summed E-state index contributed by atoms with van der Waals surface area (Å²) in [7, 11) is 0. The van der Waals surface area contributed by atoms with E-state index in [4.69, 9.17) is 21.4 Å². The molecule has 0 atom stereocenters. The maximum Gasteiger partial charge on any atom is 0.341 e. The number of nitrogens with one attached hydrogen (secondary N) is 1. The highest BCUT2D eigenvalue weighted by Crippen LogP contribution is 2.25. The molecule has 1 amide bonds. The Labute approximate surface area is 178 Å². The molecule has 2 N–H and O–H groups in total. The van der Waals surface area contributed by atoms with E-state index in [9.17, 15) is 9.59 Å². The van der Waals surface area contributed by atoms with Crippen molar-refractivity contribution < 1.29 is 19.4 Å². The van der Waals surface area contributed by atoms with E-state index in [0.29, 0.717) is 11.1 Å². The van der Waals surface area contributed by atoms with Gasteiger partial charge in [0.15, 0.2) is 6.61 Å². The summed E-state index contributed by atoms with van der Waals surface area (Å²) in [5.74, 6) is -1.18. The van der Waals surface area contributed by atoms with Crippen LogP contribution in [0.15, 0.2) is 59.7 Å². The number of carboxylic acid groups (broad SMARTS) is 1. The van der Waals surface area contributed by atoms with Crippen molar-refractivity contribution in [2.24, 2.45) is 5.10 Å². The van der Waals surface area contributed by atoms with Crippen LogP contribution in [0.3, 0.4) is 0 Å². The van der Waals surface area contributed by atoms with Gasteiger partial charge in [-0.15, -0.1) is 0 Å². The first-order valence-corrected chi connectivity index (χ1v) is 9.46. The molecule has 0 saturated carbocycles. The van der Waals surface area contributed by atoms with Gasteiger partial charge in [0.05, 0.1) is 11.2 Å². The molecular formula is C22H20ClN3O4. The molecule has 30 heavy (non-hydrogen) atoms. The van der Waals surface area contributed by atoms with Crippen molar-refractivity contribution in [1.29, 1.82) is 0 Å². The van der Waals surface area contributed by atoms with Crippen LogP contribution in [-0.4, -0.2) is 34.4 Å². The van der Waals surface area contributed by atoms with Crippen LogP contribution in [0.5, 0.6) is 5.75 Å². The van der Waals surface area contributed by atoms with E-state index in [1.54, 1.807) is 30.3 Å². The van der Waals surface area contributed by atoms with E-state index >= 15 is 0 Å². The first-order valence-electron chi connectivity index (χ1n) is 9.08. The molecule has 8 heteroatoms. The molecular weight excluding hydrogens is 406 g/mol. The number of hydrogen-bond acceptors (Lipinski definition) is 4. The minimum atomic E-state index is -1.09. The second kappa shape index (κ2) is 9.28. The summed E-state index contributed by atoms with van der Waals surface area (Å²) in [5, 5.41) is 12.9. The number of carbonyl (C=O) groups is 2. The minimum absolute atomic E-state index is 0.247. The molecule has 0 saturated heterocycles. The second-order valence-electron chi connectivity index (χ2n) is 6.57. The number of nitrogens with zero attached hydrogens (tertiary/aromatic N) is 2. The van der Waals surface area contributed by atoms with Crippen LogP contribution in [0, 0.1) is 13.8 Å². The van der Waals surface area contributed by atoms with E-state index in [0.717, 1.165) is 17.1 Å². The number of aryl methyl sites for hydroxylation is 2. The van der Waals surface area contributed by atoms with Crippen molar-refractivity contribution in [3.05, 3.63) is 82.1 Å². The highest BCUT2D eigenvalue weighted by Gasteiger charge is 2.09. The van der Waals surface area contributed by atoms with Gasteiger partial charge in [-0.05, 0) is 67.9 Å². The Bertz CT molecular complexity index is 1100. The lowest BCUT2D eigenvalue weighted by Gasteiger charge is -2.10. The molecule has 7 nitrogen and oxygen atoms in total. The highest BCUT2D eigenvalue weighted by atomic mass is 35.5. The van der Waals surface area contributed by atoms with Crippen molar-refractivity contribution in [3.63, 3.8) is 0 Å². The van der Waals surface area contributed by atoms with Gasteiger partial charge in [0.25, 0.3) is 5.91 Å². The average Bonchev–Trinajstić information content (AvgIpc) is 3.05. The topological polar surface area (TPSA) is 92.9 Å². The summed E-state index contributed by atoms with van der Waals surface area (Å²) in [6.45, 7) is 3.53. The number of aromatic nitrogens is 1. The Kier molecular flexibility index (Phi) is 6.54. The molecule has 154 valence electrons. The van der Waals surface area contributed by atoms with Gasteiger partial charge < -0.3 is 14.4 Å². The SMILES string of the molecule is Cc1ccc(C)n1-c1cccc(C(=O)N/N=C\c2ccc(OCC(=O)O)c(Cl)c2)c1. The lowest BCUT2D eigenvalue weighted by molar-refractivity contribution is -0.139. The number of amides is 1. The van der Waals surface area contributed by atoms with Crippen LogP contribution >= 0.6 is 11.6 Å². The third-order valence-corrected chi connectivity index (χ3v) is 4.62. The number of hydrogen-bond donors (Lipinski definition) is 2. The molecule has 0 bridgehead atoms. The summed E-state index contributed by atoms with van der Waals surface area (Å²) >= 11 is 6.07. The molecule has 0 aliphatic heterocycles. The summed E-state index contributed by atoms with van der Waals surface area (Å²) in [6, 6.07) is 16.1. The quantitative estimate of drug-likeness (QED) is 0.442. The highest BCUT2D eigenvalue weighted by molar-refractivity contribution is 6.32. The van der Waals surface area contributed by atoms with Gasteiger partial charge in [0, 0.05) is 22.6 Å². The fraction of sp³-hybridized carbons (Fsp3) is 0.136. The van der Waals surface area contributed by atoms with Crippen molar-refractivity contribution in [3.8, 4) is 11.4 Å². The van der Waals surface area contributed by atoms with Gasteiger partial charge in [0.1, 0.15) is 5.75 Å². The first-order chi connectivity index (χ1) is 14.3. The van der Waals surface area contributed by atoms with Crippen LogP contribution in [0.1, 0.15) is 27.3 Å². The van der Waals surface area contributed by atoms with Gasteiger partial charge in [-0.2, -0.15) is 5.10 Å². The molecule has 0 aliphatic carbocycles. The predicted octanol–water partition coefficient (Wildman–Crippen LogP) is 3.97. The van der Waals surface area contributed by atoms with Gasteiger partial charge in [-0.25, -0.2) is 10.2 Å². The first kappa shape index (κ1) is 21.1. The van der Waals surface area contributed by atoms with Crippen molar-refractivity contribution in [1.82, 2.24) is 9.99 Å². The Morgan fingerprint density at radius 1 is 1.13 bits per heavy atom. The van der Waals surface area contributed by atoms with Crippen molar-refractivity contribution in [2.75, 3.05) is 6.61 Å². The zero-order chi connectivity index (χ0) is 21.7. The summed E-state index contributed by atoms with van der Waals surface area (Å²) < 4.78 is 7.13. The molecule has 1 aromatic heterocycles. The van der Waals surface area contributed by atoms with E-state index in [1.165, 1.54) is 6.21 Å². The van der Waals surface area contributed by atoms with Crippen LogP contribution in [0.4, 0.5) is 0 Å². The monoisotopic (exact) mass is 425 g/mol. The lowest BCUT2D eigenvalue weighted by atomic mass is 10.2. The van der Waals surface area contributed by atoms with Crippen molar-refractivity contribution >= 4 is 29.7 Å². The zero-order valence-electron chi connectivity index (χ0n) is 16.4. The Balaban J connectivity index is 1.67. The molecule has 3 rings (SSSR count). The molecule has 3 aromatic rings. The largest absolute Gasteiger partial charge is 0.480 e. The summed E-state index contributed by atoms with van der Waals surface area (Å²) in [6.07, 6.45) is 1.44. The van der Waals surface area contributed by atoms with Gasteiger partial charge in [-0.3, -0.25) is 4.79 Å². The van der Waals surface area contributed by atoms with Crippen LogP contribution < -0.4 is 10.2 Å². The summed E-state index contributed by atoms with van der Waals surface area (Å²) in [4.78, 5) is 23.0. The maximum absolute atomic E-state index is 12.5. The fourth-order valence-electron chi connectivity index (χ4n) is 2.95. The maximum atomic E-state index is 12.5. The summed E-state index contributed by atoms with van der Waals surface area (Å²) in [5.41, 5.74) is 6.65. The smallest absolute Gasteiger partial charge is 0.341 e. The second-order valence-corrected chi connectivity index (χ2v) is 6.98. The van der Waals surface area contributed by atoms with E-state index in [1.807, 2.05) is 38.1 Å². The van der Waals surface area contributed by atoms with E-state index < -0.39 is 12.6 Å². The van der Waals surface area contributed by atoms with Gasteiger partial charge >= 0.3 is 5.97 Å². The standard InChI is InChI=1S/C22H20ClN3O4/c1-14-6-7-15(2)26(14)18-5-3-4-17(11-18)22(29)25-24-12-16-8-9-20(19(23)10-16)30-13-21(27)28/h3-12H,13H2,1-2H3,(H,25,29)(H,27,28)/b24-12-. The lowest BCUT2D eigenvalue weighted by Crippen LogP contribution is -2.18. The third kappa shape index (κ3) is 5.07. The Hall–Kier alpha value is -3.58. The molecule has 0 aliphatic rings. The molecule has 0 spiro atoms. The number of ether oxygens (including phenoxy) is 1. The Morgan fingerprint density at radius 2 is 1.87 bits per heavy atom. The number of rotatable bonds is 7. The number of hydrazone groups is 1. The Morgan fingerprint density at radius 3 is 2.53 bits per heavy atom. The number of benzene rings is 2. The number of carboxylic acids is 1. The minimum Gasteiger partial charge on any atom is -0.480 e. The van der Waals surface area contributed by atoms with E-state index in [2.05, 4.69) is 15.1 Å². The average molecular weight is 426 g/mol. The number of aliphatic carboxylic acids is 1. The fourth-order valence-corrected chi connectivity index (χ4v) is 3.19. The van der Waals surface area contributed by atoms with E-state index in [-0.39, 0.29) is 16.7 Å². The third-order valence-electron chi connectivity index (χ3n) is 4.32. The van der Waals surface area contributed by atoms with Crippen LogP contribution in [-0.2, 0) is 4.79 Å². The molecule has 1 heterocycles. The molecule has 0 fully saturated rings. The van der Waals surface area contributed by atoms with Gasteiger partial charge in [0.2, 0.25) is 0 Å². The molecule has 0 unspecified atom stereocenters.